The van der Waals surface area contributed by atoms with Crippen LogP contribution >= 0.6 is 0 Å². The largest absolute Gasteiger partial charge is 0.469 e. The third kappa shape index (κ3) is 5.43. The zero-order chi connectivity index (χ0) is 14.3. The van der Waals surface area contributed by atoms with E-state index in [1.807, 2.05) is 0 Å². The van der Waals surface area contributed by atoms with E-state index in [-0.39, 0.29) is 13.0 Å². The minimum Gasteiger partial charge on any atom is -0.469 e. The van der Waals surface area contributed by atoms with Crippen LogP contribution in [0, 0.1) is 0 Å². The van der Waals surface area contributed by atoms with Crippen molar-refractivity contribution in [2.75, 3.05) is 27.7 Å². The van der Waals surface area contributed by atoms with E-state index < -0.39 is 28.1 Å². The molecule has 1 amide bonds. The molecule has 0 heterocycles. The second kappa shape index (κ2) is 7.29. The summed E-state index contributed by atoms with van der Waals surface area (Å²) < 4.78 is 31.0. The zero-order valence-corrected chi connectivity index (χ0v) is 11.7. The van der Waals surface area contributed by atoms with Gasteiger partial charge in [0.05, 0.1) is 19.6 Å². The van der Waals surface area contributed by atoms with Gasteiger partial charge in [-0.05, 0) is 6.92 Å². The molecule has 0 aliphatic rings. The van der Waals surface area contributed by atoms with Crippen LogP contribution in [0.1, 0.15) is 13.3 Å². The van der Waals surface area contributed by atoms with E-state index in [1.54, 1.807) is 0 Å². The molecule has 0 aliphatic carbocycles. The van der Waals surface area contributed by atoms with Gasteiger partial charge < -0.3 is 10.1 Å². The van der Waals surface area contributed by atoms with Gasteiger partial charge in [-0.15, -0.1) is 0 Å². The lowest BCUT2D eigenvalue weighted by Gasteiger charge is -2.19. The third-order valence-electron chi connectivity index (χ3n) is 2.23. The molecule has 18 heavy (non-hydrogen) atoms. The highest BCUT2D eigenvalue weighted by Crippen LogP contribution is 1.99. The van der Waals surface area contributed by atoms with Crippen LogP contribution in [0.25, 0.3) is 0 Å². The van der Waals surface area contributed by atoms with Crippen molar-refractivity contribution in [1.29, 1.82) is 0 Å². The molecule has 0 aliphatic heterocycles. The van der Waals surface area contributed by atoms with Gasteiger partial charge in [0.2, 0.25) is 5.91 Å². The average molecular weight is 281 g/mol. The first-order valence-electron chi connectivity index (χ1n) is 5.26. The summed E-state index contributed by atoms with van der Waals surface area (Å²) in [7, 11) is 0.139. The summed E-state index contributed by atoms with van der Waals surface area (Å²) in [5.74, 6) is -0.948. The molecule has 1 atom stereocenters. The molecule has 0 radical (unpaired) electrons. The highest BCUT2D eigenvalue weighted by molar-refractivity contribution is 7.87. The molecule has 0 saturated carbocycles. The Hall–Kier alpha value is -1.19. The predicted molar refractivity (Wildman–Crippen MR) is 64.8 cm³/mol. The Balaban J connectivity index is 4.44. The van der Waals surface area contributed by atoms with Crippen molar-refractivity contribution < 1.29 is 22.7 Å². The maximum atomic E-state index is 11.7. The second-order valence-corrected chi connectivity index (χ2v) is 5.42. The van der Waals surface area contributed by atoms with Crippen LogP contribution in [-0.2, 0) is 24.5 Å². The summed E-state index contributed by atoms with van der Waals surface area (Å²) in [6, 6.07) is -0.888. The van der Waals surface area contributed by atoms with Crippen LogP contribution in [0.2, 0.25) is 0 Å². The van der Waals surface area contributed by atoms with Gasteiger partial charge >= 0.3 is 5.97 Å². The fraction of sp³-hybridized carbons (Fsp3) is 0.778. The Kier molecular flexibility index (Phi) is 6.81. The molecule has 106 valence electrons. The predicted octanol–water partition coefficient (Wildman–Crippen LogP) is -1.55. The summed E-state index contributed by atoms with van der Waals surface area (Å²) in [4.78, 5) is 22.1. The van der Waals surface area contributed by atoms with E-state index in [0.717, 1.165) is 4.31 Å². The first-order valence-corrected chi connectivity index (χ1v) is 6.70. The Morgan fingerprint density at radius 2 is 1.94 bits per heavy atom. The Bertz CT molecular complexity index is 395. The van der Waals surface area contributed by atoms with Crippen LogP contribution < -0.4 is 10.0 Å². The maximum absolute atomic E-state index is 11.7. The number of hydrogen-bond donors (Lipinski definition) is 2. The SMILES string of the molecule is CNC(=O)C(C)NS(=O)(=O)N(C)CCC(=O)OC. The molecule has 8 nitrogen and oxygen atoms in total. The Morgan fingerprint density at radius 3 is 2.39 bits per heavy atom. The van der Waals surface area contributed by atoms with Crippen molar-refractivity contribution >= 4 is 22.1 Å². The van der Waals surface area contributed by atoms with Gasteiger partial charge in [-0.2, -0.15) is 17.4 Å². The molecule has 9 heteroatoms. The van der Waals surface area contributed by atoms with Crippen molar-refractivity contribution in [3.8, 4) is 0 Å². The lowest BCUT2D eigenvalue weighted by atomic mass is 10.3. The number of amides is 1. The van der Waals surface area contributed by atoms with E-state index in [4.69, 9.17) is 0 Å². The monoisotopic (exact) mass is 281 g/mol. The number of esters is 1. The van der Waals surface area contributed by atoms with E-state index in [0.29, 0.717) is 0 Å². The second-order valence-electron chi connectivity index (χ2n) is 3.61. The molecule has 0 aromatic rings. The van der Waals surface area contributed by atoms with Crippen LogP contribution in [0.4, 0.5) is 0 Å². The maximum Gasteiger partial charge on any atom is 0.306 e. The van der Waals surface area contributed by atoms with Gasteiger partial charge in [-0.3, -0.25) is 9.59 Å². The first kappa shape index (κ1) is 16.8. The molecular formula is C9H19N3O5S. The molecule has 0 bridgehead atoms. The number of likely N-dealkylation sites (N-methyl/N-ethyl adjacent to an activating group) is 1. The lowest BCUT2D eigenvalue weighted by Crippen LogP contribution is -2.48. The highest BCUT2D eigenvalue weighted by atomic mass is 32.2. The van der Waals surface area contributed by atoms with E-state index in [2.05, 4.69) is 14.8 Å². The molecule has 2 N–H and O–H groups in total. The van der Waals surface area contributed by atoms with E-state index in [1.165, 1.54) is 28.1 Å². The number of nitrogens with zero attached hydrogens (tertiary/aromatic N) is 1. The number of carbonyl (C=O) groups is 2. The average Bonchev–Trinajstić information content (AvgIpc) is 2.33. The standard InChI is InChI=1S/C9H19N3O5S/c1-7(9(14)10-2)11-18(15,16)12(3)6-5-8(13)17-4/h7,11H,5-6H2,1-4H3,(H,10,14). The highest BCUT2D eigenvalue weighted by Gasteiger charge is 2.23. The quantitative estimate of drug-likeness (QED) is 0.550. The number of rotatable bonds is 7. The lowest BCUT2D eigenvalue weighted by molar-refractivity contribution is -0.140. The van der Waals surface area contributed by atoms with Crippen LogP contribution in [0.5, 0.6) is 0 Å². The van der Waals surface area contributed by atoms with Crippen LogP contribution in [0.15, 0.2) is 0 Å². The fourth-order valence-electron chi connectivity index (χ4n) is 1.05. The minimum atomic E-state index is -3.80. The van der Waals surface area contributed by atoms with Crippen molar-refractivity contribution in [3.63, 3.8) is 0 Å². The summed E-state index contributed by atoms with van der Waals surface area (Å²) in [5.41, 5.74) is 0. The Labute approximate surface area is 107 Å². The van der Waals surface area contributed by atoms with Crippen LogP contribution in [0.3, 0.4) is 0 Å². The Morgan fingerprint density at radius 1 is 1.39 bits per heavy atom. The molecule has 0 rings (SSSR count). The van der Waals surface area contributed by atoms with Gasteiger partial charge in [0.25, 0.3) is 10.2 Å². The van der Waals surface area contributed by atoms with Crippen molar-refractivity contribution in [1.82, 2.24) is 14.3 Å². The van der Waals surface area contributed by atoms with Crippen molar-refractivity contribution in [2.24, 2.45) is 0 Å². The topological polar surface area (TPSA) is 105 Å². The minimum absolute atomic E-state index is 0.0253. The van der Waals surface area contributed by atoms with Crippen LogP contribution in [-0.4, -0.2) is 58.4 Å². The molecular weight excluding hydrogens is 262 g/mol. The zero-order valence-electron chi connectivity index (χ0n) is 10.9. The molecule has 0 aromatic heterocycles. The van der Waals surface area contributed by atoms with Gasteiger partial charge in [0.1, 0.15) is 0 Å². The summed E-state index contributed by atoms with van der Waals surface area (Å²) in [5, 5.41) is 2.33. The first-order chi connectivity index (χ1) is 8.24. The van der Waals surface area contributed by atoms with Gasteiger partial charge in [-0.1, -0.05) is 0 Å². The number of nitrogens with one attached hydrogen (secondary N) is 2. The third-order valence-corrected chi connectivity index (χ3v) is 3.89. The number of hydrogen-bond acceptors (Lipinski definition) is 5. The summed E-state index contributed by atoms with van der Waals surface area (Å²) in [6.45, 7) is 1.40. The van der Waals surface area contributed by atoms with Gasteiger partial charge in [0, 0.05) is 20.6 Å². The number of carbonyl (C=O) groups excluding carboxylic acids is 2. The van der Waals surface area contributed by atoms with E-state index >= 15 is 0 Å². The molecule has 0 saturated heterocycles. The smallest absolute Gasteiger partial charge is 0.306 e. The van der Waals surface area contributed by atoms with Gasteiger partial charge in [0.15, 0.2) is 0 Å². The number of methoxy groups -OCH3 is 1. The molecule has 0 fully saturated rings. The molecule has 0 spiro atoms. The normalized spacial score (nSPS) is 13.2. The summed E-state index contributed by atoms with van der Waals surface area (Å²) >= 11 is 0. The summed E-state index contributed by atoms with van der Waals surface area (Å²) in [6.07, 6.45) is -0.0533. The molecule has 1 unspecified atom stereocenters. The number of ether oxygens (including phenoxy) is 1. The van der Waals surface area contributed by atoms with Gasteiger partial charge in [-0.25, -0.2) is 0 Å². The molecule has 0 aromatic carbocycles. The van der Waals surface area contributed by atoms with Crippen molar-refractivity contribution in [3.05, 3.63) is 0 Å². The van der Waals surface area contributed by atoms with E-state index in [9.17, 15) is 18.0 Å². The fourth-order valence-corrected chi connectivity index (χ4v) is 2.12. The van der Waals surface area contributed by atoms with Crippen molar-refractivity contribution in [2.45, 2.75) is 19.4 Å².